The van der Waals surface area contributed by atoms with E-state index in [2.05, 4.69) is 9.93 Å². The summed E-state index contributed by atoms with van der Waals surface area (Å²) in [5.41, 5.74) is -0.308. The summed E-state index contributed by atoms with van der Waals surface area (Å²) in [6.45, 7) is 0.469. The molecule has 2 aliphatic rings. The van der Waals surface area contributed by atoms with Gasteiger partial charge in [-0.2, -0.15) is 4.94 Å². The number of H-pyrrole nitrogens is 1. The highest BCUT2D eigenvalue weighted by Crippen LogP contribution is 2.47. The lowest BCUT2D eigenvalue weighted by Crippen LogP contribution is -2.31. The quantitative estimate of drug-likeness (QED) is 0.742. The topological polar surface area (TPSA) is 101 Å². The van der Waals surface area contributed by atoms with Crippen LogP contribution in [0.4, 0.5) is 8.92 Å². The second-order valence-electron chi connectivity index (χ2n) is 6.10. The van der Waals surface area contributed by atoms with Gasteiger partial charge in [0.25, 0.3) is 5.56 Å². The average Bonchev–Trinajstić information content (AvgIpc) is 3.15. The fourth-order valence-electron chi connectivity index (χ4n) is 2.85. The van der Waals surface area contributed by atoms with Crippen molar-refractivity contribution in [3.63, 3.8) is 0 Å². The summed E-state index contributed by atoms with van der Waals surface area (Å²) in [7, 11) is -0.623. The summed E-state index contributed by atoms with van der Waals surface area (Å²) < 4.78 is 46.8. The molecule has 3 unspecified atom stereocenters. The van der Waals surface area contributed by atoms with Crippen molar-refractivity contribution in [3.8, 4) is 5.75 Å². The lowest BCUT2D eigenvalue weighted by Gasteiger charge is -2.24. The molecule has 0 saturated carbocycles. The fraction of sp³-hybridized carbons (Fsp3) is 0.412. The first-order chi connectivity index (χ1) is 14.0. The van der Waals surface area contributed by atoms with Crippen LogP contribution in [0.25, 0.3) is 0 Å². The average molecular weight is 432 g/mol. The Morgan fingerprint density at radius 1 is 1.31 bits per heavy atom. The predicted octanol–water partition coefficient (Wildman–Crippen LogP) is 2.72. The van der Waals surface area contributed by atoms with Crippen LogP contribution in [0.3, 0.4) is 0 Å². The van der Waals surface area contributed by atoms with E-state index in [0.717, 1.165) is 7.11 Å². The number of rotatable bonds is 4. The van der Waals surface area contributed by atoms with Gasteiger partial charge in [-0.25, -0.2) is 9.18 Å². The highest BCUT2D eigenvalue weighted by Gasteiger charge is 2.30. The molecule has 1 N–H and O–H groups in total. The smallest absolute Gasteiger partial charge is 0.397 e. The molecular weight excluding hydrogens is 413 g/mol. The van der Waals surface area contributed by atoms with E-state index < -0.39 is 26.1 Å². The van der Waals surface area contributed by atoms with Crippen LogP contribution in [0.1, 0.15) is 24.6 Å². The first-order valence-corrected chi connectivity index (χ1v) is 9.73. The van der Waals surface area contributed by atoms with Crippen LogP contribution in [0.2, 0.25) is 0 Å². The molecule has 0 amide bonds. The zero-order chi connectivity index (χ0) is 20.8. The van der Waals surface area contributed by atoms with Crippen LogP contribution in [0.5, 0.6) is 5.75 Å². The molecule has 29 heavy (non-hydrogen) atoms. The van der Waals surface area contributed by atoms with Gasteiger partial charge in [0.15, 0.2) is 0 Å². The van der Waals surface area contributed by atoms with Gasteiger partial charge in [-0.3, -0.25) is 23.4 Å². The van der Waals surface area contributed by atoms with Gasteiger partial charge >= 0.3 is 14.3 Å². The molecular formula is C17H19F2N2O7P. The van der Waals surface area contributed by atoms with Crippen LogP contribution < -0.4 is 15.8 Å². The molecule has 0 bridgehead atoms. The van der Waals surface area contributed by atoms with Gasteiger partial charge in [0.2, 0.25) is 0 Å². The standard InChI is InChI=1S/C16H16FN2O6P.CH3FO/c17-11-1-3-13-10(7-11)8-22-26(25-13)23-9-12-2-4-15(24-12)19-6-5-14(20)18-16(19)21;1-3-2/h1,3,5-7,12,15H,2,4,8-9H2,(H,18,20,21);1H3. The van der Waals surface area contributed by atoms with Gasteiger partial charge in [0, 0.05) is 17.8 Å². The monoisotopic (exact) mass is 432 g/mol. The van der Waals surface area contributed by atoms with Crippen LogP contribution in [0, 0.1) is 5.82 Å². The molecule has 2 aromatic rings. The Labute approximate surface area is 165 Å². The van der Waals surface area contributed by atoms with Crippen molar-refractivity contribution in [2.24, 2.45) is 0 Å². The molecule has 158 valence electrons. The Kier molecular flexibility index (Phi) is 7.45. The molecule has 9 nitrogen and oxygen atoms in total. The predicted molar refractivity (Wildman–Crippen MR) is 97.3 cm³/mol. The van der Waals surface area contributed by atoms with Gasteiger partial charge in [-0.05, 0) is 35.6 Å². The van der Waals surface area contributed by atoms with E-state index in [-0.39, 0.29) is 25.1 Å². The lowest BCUT2D eigenvalue weighted by molar-refractivity contribution is -0.0960. The van der Waals surface area contributed by atoms with Gasteiger partial charge in [0.1, 0.15) is 17.8 Å². The Bertz CT molecular complexity index is 938. The minimum Gasteiger partial charge on any atom is -0.426 e. The van der Waals surface area contributed by atoms with E-state index >= 15 is 0 Å². The molecule has 12 heteroatoms. The Morgan fingerprint density at radius 3 is 2.86 bits per heavy atom. The Hall–Kier alpha value is -2.17. The highest BCUT2D eigenvalue weighted by molar-refractivity contribution is 7.42. The largest absolute Gasteiger partial charge is 0.426 e. The molecule has 1 saturated heterocycles. The molecule has 3 heterocycles. The van der Waals surface area contributed by atoms with E-state index in [1.165, 1.54) is 29.0 Å². The van der Waals surface area contributed by atoms with E-state index in [4.69, 9.17) is 18.3 Å². The first-order valence-electron chi connectivity index (χ1n) is 8.64. The number of hydrogen-bond donors (Lipinski definition) is 1. The number of hydrogen-bond acceptors (Lipinski definition) is 7. The molecule has 0 radical (unpaired) electrons. The number of benzene rings is 1. The van der Waals surface area contributed by atoms with E-state index in [9.17, 15) is 18.5 Å². The van der Waals surface area contributed by atoms with Crippen molar-refractivity contribution in [3.05, 3.63) is 62.7 Å². The van der Waals surface area contributed by atoms with Crippen molar-refractivity contribution in [1.29, 1.82) is 0 Å². The third-order valence-electron chi connectivity index (χ3n) is 4.13. The van der Waals surface area contributed by atoms with Crippen molar-refractivity contribution in [1.82, 2.24) is 9.55 Å². The summed E-state index contributed by atoms with van der Waals surface area (Å²) in [5, 5.41) is 0. The van der Waals surface area contributed by atoms with Crippen LogP contribution in [-0.2, 0) is 25.3 Å². The minimum atomic E-state index is -1.58. The summed E-state index contributed by atoms with van der Waals surface area (Å²) in [5.74, 6) is 0.208. The second kappa shape index (κ2) is 10.0. The summed E-state index contributed by atoms with van der Waals surface area (Å²) in [6.07, 6.45) is 2.08. The number of aromatic nitrogens is 2. The first kappa shape index (κ1) is 21.5. The van der Waals surface area contributed by atoms with Crippen LogP contribution >= 0.6 is 8.60 Å². The molecule has 0 aliphatic carbocycles. The number of fused-ring (bicyclic) bond motifs is 1. The highest BCUT2D eigenvalue weighted by atomic mass is 31.2. The van der Waals surface area contributed by atoms with Gasteiger partial charge < -0.3 is 9.26 Å². The maximum atomic E-state index is 13.2. The molecule has 0 spiro atoms. The zero-order valence-electron chi connectivity index (χ0n) is 15.4. The number of aromatic amines is 1. The molecule has 1 aromatic heterocycles. The minimum absolute atomic E-state index is 0.219. The lowest BCUT2D eigenvalue weighted by atomic mass is 10.2. The van der Waals surface area contributed by atoms with Crippen molar-refractivity contribution in [2.45, 2.75) is 31.8 Å². The third-order valence-corrected chi connectivity index (χ3v) is 5.18. The van der Waals surface area contributed by atoms with Crippen LogP contribution in [0.15, 0.2) is 40.1 Å². The van der Waals surface area contributed by atoms with E-state index in [1.807, 2.05) is 0 Å². The number of nitrogens with one attached hydrogen (secondary N) is 1. The maximum Gasteiger partial charge on any atom is 0.397 e. The van der Waals surface area contributed by atoms with Crippen molar-refractivity contribution in [2.75, 3.05) is 13.7 Å². The number of ether oxygens (including phenoxy) is 1. The maximum absolute atomic E-state index is 13.2. The number of nitrogens with zero attached hydrogens (tertiary/aromatic N) is 1. The second-order valence-corrected chi connectivity index (χ2v) is 7.24. The molecule has 1 fully saturated rings. The van der Waals surface area contributed by atoms with Crippen LogP contribution in [-0.4, -0.2) is 29.4 Å². The molecule has 2 aliphatic heterocycles. The summed E-state index contributed by atoms with van der Waals surface area (Å²) in [4.78, 5) is 27.9. The summed E-state index contributed by atoms with van der Waals surface area (Å²) >= 11 is 0. The number of halogens is 2. The van der Waals surface area contributed by atoms with E-state index in [0.29, 0.717) is 24.2 Å². The SMILES string of the molecule is COF.O=c1ccn(C2CCC(COP3OCc4cc(F)ccc4O3)O2)c(=O)[nH]1. The van der Waals surface area contributed by atoms with Gasteiger partial charge in [0.05, 0.1) is 26.4 Å². The molecule has 4 rings (SSSR count). The van der Waals surface area contributed by atoms with Crippen molar-refractivity contribution < 1.29 is 32.2 Å². The third kappa shape index (κ3) is 5.68. The molecule has 1 aromatic carbocycles. The Balaban J connectivity index is 0.000000755. The van der Waals surface area contributed by atoms with Crippen molar-refractivity contribution >= 4 is 8.60 Å². The van der Waals surface area contributed by atoms with Gasteiger partial charge in [-0.15, -0.1) is 0 Å². The fourth-order valence-corrected chi connectivity index (χ4v) is 3.91. The van der Waals surface area contributed by atoms with Gasteiger partial charge in [-0.1, -0.05) is 0 Å². The Morgan fingerprint density at radius 2 is 2.10 bits per heavy atom. The normalized spacial score (nSPS) is 22.9. The van der Waals surface area contributed by atoms with E-state index in [1.54, 1.807) is 6.07 Å². The molecule has 3 atom stereocenters. The summed E-state index contributed by atoms with van der Waals surface area (Å²) in [6, 6.07) is 5.53. The zero-order valence-corrected chi connectivity index (χ0v) is 16.3.